The predicted molar refractivity (Wildman–Crippen MR) is 143 cm³/mol. The van der Waals surface area contributed by atoms with Crippen molar-refractivity contribution in [2.75, 3.05) is 23.9 Å². The summed E-state index contributed by atoms with van der Waals surface area (Å²) in [5.41, 5.74) is 2.28. The maximum atomic E-state index is 13.5. The number of ether oxygens (including phenoxy) is 1. The van der Waals surface area contributed by atoms with Crippen molar-refractivity contribution < 1.29 is 14.3 Å². The third kappa shape index (κ3) is 5.93. The van der Waals surface area contributed by atoms with E-state index in [1.165, 1.54) is 4.90 Å². The molecule has 9 heteroatoms. The van der Waals surface area contributed by atoms with Crippen molar-refractivity contribution in [1.29, 1.82) is 0 Å². The molecule has 0 aliphatic carbocycles. The van der Waals surface area contributed by atoms with E-state index in [0.717, 1.165) is 5.56 Å². The minimum Gasteiger partial charge on any atom is -0.497 e. The summed E-state index contributed by atoms with van der Waals surface area (Å²) in [4.78, 5) is 29.7. The lowest BCUT2D eigenvalue weighted by Crippen LogP contribution is -2.39. The molecule has 1 aliphatic heterocycles. The lowest BCUT2D eigenvalue weighted by Gasteiger charge is -2.24. The molecule has 1 heterocycles. The van der Waals surface area contributed by atoms with Gasteiger partial charge in [-0.15, -0.1) is 0 Å². The fourth-order valence-corrected chi connectivity index (χ4v) is 4.54. The average Bonchev–Trinajstić information content (AvgIpc) is 3.08. The Bertz CT molecular complexity index is 1220. The molecule has 1 aliphatic rings. The molecule has 0 bridgehead atoms. The number of nitrogens with one attached hydrogen (secondary N) is 1. The number of carbonyl (C=O) groups excluding carboxylic acids is 2. The largest absolute Gasteiger partial charge is 0.497 e. The van der Waals surface area contributed by atoms with Crippen LogP contribution in [0.5, 0.6) is 5.75 Å². The van der Waals surface area contributed by atoms with E-state index < -0.39 is 6.04 Å². The molecule has 3 aromatic rings. The van der Waals surface area contributed by atoms with Crippen molar-refractivity contribution in [1.82, 2.24) is 4.90 Å². The van der Waals surface area contributed by atoms with Crippen LogP contribution >= 0.6 is 35.4 Å². The van der Waals surface area contributed by atoms with Crippen molar-refractivity contribution in [3.8, 4) is 5.75 Å². The van der Waals surface area contributed by atoms with Gasteiger partial charge < -0.3 is 15.0 Å². The van der Waals surface area contributed by atoms with Gasteiger partial charge in [0.15, 0.2) is 5.11 Å². The van der Waals surface area contributed by atoms with Crippen molar-refractivity contribution in [3.63, 3.8) is 0 Å². The van der Waals surface area contributed by atoms with Crippen LogP contribution in [0.3, 0.4) is 0 Å². The number of methoxy groups -OCH3 is 1. The van der Waals surface area contributed by atoms with Crippen LogP contribution in [0, 0.1) is 0 Å². The molecule has 1 atom stereocenters. The monoisotopic (exact) mass is 527 g/mol. The van der Waals surface area contributed by atoms with E-state index in [1.54, 1.807) is 55.6 Å². The van der Waals surface area contributed by atoms with Crippen LogP contribution < -0.4 is 15.0 Å². The van der Waals surface area contributed by atoms with Gasteiger partial charge in [-0.05, 0) is 84.9 Å². The summed E-state index contributed by atoms with van der Waals surface area (Å²) in [6.45, 7) is 0.470. The molecule has 35 heavy (non-hydrogen) atoms. The van der Waals surface area contributed by atoms with E-state index in [9.17, 15) is 9.59 Å². The fraction of sp³-hybridized carbons (Fsp3) is 0.192. The molecule has 0 radical (unpaired) electrons. The summed E-state index contributed by atoms with van der Waals surface area (Å²) in [5.74, 6) is 0.133. The summed E-state index contributed by atoms with van der Waals surface area (Å²) in [5, 5.41) is 4.42. The van der Waals surface area contributed by atoms with Gasteiger partial charge in [0.25, 0.3) is 5.91 Å². The van der Waals surface area contributed by atoms with Crippen molar-refractivity contribution in [2.24, 2.45) is 0 Å². The van der Waals surface area contributed by atoms with Crippen molar-refractivity contribution >= 4 is 63.7 Å². The molecule has 4 rings (SSSR count). The number of anilines is 2. The smallest absolute Gasteiger partial charge is 0.256 e. The molecule has 180 valence electrons. The highest BCUT2D eigenvalue weighted by Crippen LogP contribution is 2.29. The Morgan fingerprint density at radius 3 is 2.17 bits per heavy atom. The molecule has 2 amide bonds. The topological polar surface area (TPSA) is 61.9 Å². The first-order chi connectivity index (χ1) is 16.9. The molecule has 1 fully saturated rings. The molecule has 3 aromatic carbocycles. The second-order valence-corrected chi connectivity index (χ2v) is 9.24. The van der Waals surface area contributed by atoms with E-state index >= 15 is 0 Å². The fourth-order valence-electron chi connectivity index (χ4n) is 3.88. The number of thiocarbonyl (C=S) groups is 1. The molecule has 6 nitrogen and oxygen atoms in total. The summed E-state index contributed by atoms with van der Waals surface area (Å²) in [6, 6.07) is 20.7. The van der Waals surface area contributed by atoms with E-state index in [1.807, 2.05) is 29.2 Å². The van der Waals surface area contributed by atoms with Crippen LogP contribution in [-0.4, -0.2) is 41.5 Å². The molecule has 0 saturated carbocycles. The Kier molecular flexibility index (Phi) is 7.90. The quantitative estimate of drug-likeness (QED) is 0.387. The first-order valence-corrected chi connectivity index (χ1v) is 12.1. The van der Waals surface area contributed by atoms with Crippen LogP contribution in [-0.2, 0) is 16.0 Å². The maximum absolute atomic E-state index is 13.5. The van der Waals surface area contributed by atoms with Gasteiger partial charge in [-0.1, -0.05) is 35.3 Å². The second kappa shape index (κ2) is 11.1. The SMILES string of the molecule is COc1ccc(N2C(=O)[C@@H](CC(=O)Nc3ccc(Cl)cc3)N(CCc3ccc(Cl)cc3)C2=S)cc1. The number of hydrogen-bond acceptors (Lipinski definition) is 4. The van der Waals surface area contributed by atoms with Gasteiger partial charge in [-0.2, -0.15) is 0 Å². The minimum absolute atomic E-state index is 0.0468. The number of hydrogen-bond donors (Lipinski definition) is 1. The predicted octanol–water partition coefficient (Wildman–Crippen LogP) is 5.58. The van der Waals surface area contributed by atoms with Gasteiger partial charge >= 0.3 is 0 Å². The Morgan fingerprint density at radius 1 is 0.971 bits per heavy atom. The third-order valence-corrected chi connectivity index (χ3v) is 6.63. The first kappa shape index (κ1) is 25.0. The summed E-state index contributed by atoms with van der Waals surface area (Å²) < 4.78 is 5.22. The molecule has 1 N–H and O–H groups in total. The van der Waals surface area contributed by atoms with Crippen LogP contribution in [0.1, 0.15) is 12.0 Å². The zero-order valence-corrected chi connectivity index (χ0v) is 21.2. The average molecular weight is 528 g/mol. The first-order valence-electron chi connectivity index (χ1n) is 10.9. The van der Waals surface area contributed by atoms with Crippen molar-refractivity contribution in [3.05, 3.63) is 88.4 Å². The van der Waals surface area contributed by atoms with Crippen LogP contribution in [0.25, 0.3) is 0 Å². The highest BCUT2D eigenvalue weighted by atomic mass is 35.5. The highest BCUT2D eigenvalue weighted by Gasteiger charge is 2.43. The van der Waals surface area contributed by atoms with Gasteiger partial charge in [0.2, 0.25) is 5.91 Å². The zero-order chi connectivity index (χ0) is 24.9. The van der Waals surface area contributed by atoms with E-state index in [0.29, 0.717) is 45.2 Å². The van der Waals surface area contributed by atoms with E-state index in [2.05, 4.69) is 5.32 Å². The van der Waals surface area contributed by atoms with Gasteiger partial charge in [-0.3, -0.25) is 14.5 Å². The number of carbonyl (C=O) groups is 2. The second-order valence-electron chi connectivity index (χ2n) is 8.00. The standard InChI is InChI=1S/C26H23Cl2N3O3S/c1-34-22-12-10-21(11-13-22)31-25(33)23(16-24(32)29-20-8-6-19(28)7-9-20)30(26(31)35)15-14-17-2-4-18(27)5-3-17/h2-13,23H,14-16H2,1H3,(H,29,32)/t23-/m1/s1. The van der Waals surface area contributed by atoms with Crippen LogP contribution in [0.4, 0.5) is 11.4 Å². The number of benzene rings is 3. The number of nitrogens with zero attached hydrogens (tertiary/aromatic N) is 2. The van der Waals surface area contributed by atoms with Crippen LogP contribution in [0.15, 0.2) is 72.8 Å². The Labute approximate surface area is 219 Å². The van der Waals surface area contributed by atoms with Gasteiger partial charge in [-0.25, -0.2) is 0 Å². The number of halogens is 2. The van der Waals surface area contributed by atoms with Gasteiger partial charge in [0.05, 0.1) is 19.2 Å². The van der Waals surface area contributed by atoms with Crippen molar-refractivity contribution in [2.45, 2.75) is 18.9 Å². The zero-order valence-electron chi connectivity index (χ0n) is 18.9. The van der Waals surface area contributed by atoms with E-state index in [-0.39, 0.29) is 18.2 Å². The summed E-state index contributed by atoms with van der Waals surface area (Å²) in [6.07, 6.45) is 0.589. The number of rotatable bonds is 8. The van der Waals surface area contributed by atoms with Gasteiger partial charge in [0, 0.05) is 22.3 Å². The molecule has 0 spiro atoms. The Morgan fingerprint density at radius 2 is 1.57 bits per heavy atom. The molecule has 0 aromatic heterocycles. The Balaban J connectivity index is 1.55. The van der Waals surface area contributed by atoms with Crippen LogP contribution in [0.2, 0.25) is 10.0 Å². The Hall–Kier alpha value is -3.13. The highest BCUT2D eigenvalue weighted by molar-refractivity contribution is 7.80. The lowest BCUT2D eigenvalue weighted by molar-refractivity contribution is -0.124. The maximum Gasteiger partial charge on any atom is 0.256 e. The number of amides is 2. The minimum atomic E-state index is -0.732. The molecule has 1 saturated heterocycles. The summed E-state index contributed by atoms with van der Waals surface area (Å²) in [7, 11) is 1.58. The third-order valence-electron chi connectivity index (χ3n) is 5.71. The normalized spacial score (nSPS) is 15.5. The molecule has 0 unspecified atom stereocenters. The molecular weight excluding hydrogens is 505 g/mol. The van der Waals surface area contributed by atoms with E-state index in [4.69, 9.17) is 40.2 Å². The molecular formula is C26H23Cl2N3O3S. The summed E-state index contributed by atoms with van der Waals surface area (Å²) >= 11 is 17.7. The lowest BCUT2D eigenvalue weighted by atomic mass is 10.1. The van der Waals surface area contributed by atoms with Gasteiger partial charge in [0.1, 0.15) is 11.8 Å².